The van der Waals surface area contributed by atoms with Gasteiger partial charge in [-0.05, 0) is 44.4 Å². The fourth-order valence-electron chi connectivity index (χ4n) is 5.26. The second kappa shape index (κ2) is 7.70. The third-order valence-electron chi connectivity index (χ3n) is 6.86. The van der Waals surface area contributed by atoms with E-state index in [0.29, 0.717) is 18.2 Å². The molecule has 3 fully saturated rings. The molecular weight excluding hydrogens is 366 g/mol. The van der Waals surface area contributed by atoms with E-state index in [9.17, 15) is 4.79 Å². The molecular formula is C22H31N5O2. The second-order valence-corrected chi connectivity index (χ2v) is 9.07. The van der Waals surface area contributed by atoms with E-state index >= 15 is 0 Å². The van der Waals surface area contributed by atoms with E-state index in [0.717, 1.165) is 70.8 Å². The Bertz CT molecular complexity index is 875. The average Bonchev–Trinajstić information content (AvgIpc) is 3.34. The lowest BCUT2D eigenvalue weighted by molar-refractivity contribution is -0.0452. The van der Waals surface area contributed by atoms with Gasteiger partial charge in [-0.25, -0.2) is 4.98 Å². The maximum atomic E-state index is 13.2. The number of hydrogen-bond donors (Lipinski definition) is 0. The van der Waals surface area contributed by atoms with Crippen molar-refractivity contribution < 1.29 is 9.53 Å². The number of fused-ring (bicyclic) bond motifs is 1. The Balaban J connectivity index is 1.24. The number of carbonyl (C=O) groups is 1. The van der Waals surface area contributed by atoms with Crippen molar-refractivity contribution in [1.29, 1.82) is 0 Å². The third kappa shape index (κ3) is 3.79. The van der Waals surface area contributed by atoms with Crippen LogP contribution in [0.15, 0.2) is 30.6 Å². The molecule has 156 valence electrons. The summed E-state index contributed by atoms with van der Waals surface area (Å²) in [5, 5.41) is 0. The van der Waals surface area contributed by atoms with Crippen LogP contribution in [0.3, 0.4) is 0 Å². The first-order chi connectivity index (χ1) is 14.1. The molecule has 0 aromatic carbocycles. The summed E-state index contributed by atoms with van der Waals surface area (Å²) in [5.41, 5.74) is 1.29. The number of likely N-dealkylation sites (N-methyl/N-ethyl adjacent to an activating group) is 1. The van der Waals surface area contributed by atoms with Crippen LogP contribution in [-0.2, 0) is 4.74 Å². The fourth-order valence-corrected chi connectivity index (χ4v) is 5.26. The first kappa shape index (κ1) is 19.0. The van der Waals surface area contributed by atoms with Crippen molar-refractivity contribution in [3.63, 3.8) is 0 Å². The number of rotatable bonds is 3. The molecule has 1 amide bonds. The fraction of sp³-hybridized carbons (Fsp3) is 0.636. The molecule has 29 heavy (non-hydrogen) atoms. The number of imidazole rings is 1. The molecule has 1 spiro atoms. The summed E-state index contributed by atoms with van der Waals surface area (Å²) in [6, 6.07) is 5.81. The number of ether oxygens (including phenoxy) is 1. The molecule has 0 radical (unpaired) electrons. The van der Waals surface area contributed by atoms with E-state index in [2.05, 4.69) is 21.8 Å². The van der Waals surface area contributed by atoms with E-state index in [4.69, 9.17) is 4.74 Å². The van der Waals surface area contributed by atoms with Crippen LogP contribution in [0.25, 0.3) is 5.65 Å². The van der Waals surface area contributed by atoms with Crippen molar-refractivity contribution in [3.05, 3.63) is 36.3 Å². The Morgan fingerprint density at radius 3 is 2.97 bits per heavy atom. The van der Waals surface area contributed by atoms with Crippen LogP contribution in [0.1, 0.15) is 29.8 Å². The monoisotopic (exact) mass is 397 g/mol. The zero-order valence-corrected chi connectivity index (χ0v) is 17.3. The van der Waals surface area contributed by atoms with Crippen LogP contribution in [0.5, 0.6) is 0 Å². The summed E-state index contributed by atoms with van der Waals surface area (Å²) in [5.74, 6) is 0.637. The zero-order valence-electron chi connectivity index (χ0n) is 17.3. The number of hydrogen-bond acceptors (Lipinski definition) is 5. The molecule has 2 aromatic heterocycles. The van der Waals surface area contributed by atoms with Crippen LogP contribution >= 0.6 is 0 Å². The average molecular weight is 398 g/mol. The maximum Gasteiger partial charge on any atom is 0.272 e. The maximum absolute atomic E-state index is 13.2. The summed E-state index contributed by atoms with van der Waals surface area (Å²) in [4.78, 5) is 24.6. The topological polar surface area (TPSA) is 53.3 Å². The lowest BCUT2D eigenvalue weighted by Gasteiger charge is -2.40. The number of piperazine rings is 1. The molecule has 0 N–H and O–H groups in total. The highest BCUT2D eigenvalue weighted by atomic mass is 16.5. The molecule has 5 rings (SSSR count). The third-order valence-corrected chi connectivity index (χ3v) is 6.86. The molecule has 3 saturated heterocycles. The van der Waals surface area contributed by atoms with Crippen molar-refractivity contribution >= 4 is 11.6 Å². The van der Waals surface area contributed by atoms with Gasteiger partial charge in [-0.2, -0.15) is 0 Å². The van der Waals surface area contributed by atoms with Gasteiger partial charge in [-0.1, -0.05) is 6.07 Å². The van der Waals surface area contributed by atoms with Gasteiger partial charge < -0.3 is 19.4 Å². The Morgan fingerprint density at radius 1 is 1.24 bits per heavy atom. The van der Waals surface area contributed by atoms with E-state index in [1.54, 1.807) is 6.20 Å². The second-order valence-electron chi connectivity index (χ2n) is 9.07. The molecule has 2 atom stereocenters. The highest BCUT2D eigenvalue weighted by Gasteiger charge is 2.45. The van der Waals surface area contributed by atoms with Crippen molar-refractivity contribution in [1.82, 2.24) is 24.1 Å². The van der Waals surface area contributed by atoms with Crippen molar-refractivity contribution in [2.45, 2.75) is 24.9 Å². The van der Waals surface area contributed by atoms with Gasteiger partial charge in [-0.15, -0.1) is 0 Å². The molecule has 7 nitrogen and oxygen atoms in total. The molecule has 7 heteroatoms. The molecule has 5 heterocycles. The Kier molecular flexibility index (Phi) is 5.05. The summed E-state index contributed by atoms with van der Waals surface area (Å²) in [6.45, 7) is 8.05. The molecule has 0 aliphatic carbocycles. The van der Waals surface area contributed by atoms with Crippen LogP contribution in [0.2, 0.25) is 0 Å². The number of nitrogens with zero attached hydrogens (tertiary/aromatic N) is 5. The van der Waals surface area contributed by atoms with Crippen LogP contribution in [-0.4, -0.2) is 95.1 Å². The lowest BCUT2D eigenvalue weighted by atomic mass is 9.86. The Labute approximate surface area is 172 Å². The number of likely N-dealkylation sites (tertiary alicyclic amines) is 1. The van der Waals surface area contributed by atoms with E-state index in [1.165, 1.54) is 0 Å². The highest BCUT2D eigenvalue weighted by molar-refractivity contribution is 5.93. The van der Waals surface area contributed by atoms with Gasteiger partial charge in [0, 0.05) is 45.5 Å². The molecule has 2 unspecified atom stereocenters. The van der Waals surface area contributed by atoms with Gasteiger partial charge in [-0.3, -0.25) is 9.20 Å². The standard InChI is InChI=1S/C22H31N5O2/c1-24-9-11-25(12-10-24)15-18-13-22(29-16-18)6-4-7-26(17-22)21(28)19-14-23-20-5-2-3-8-27(19)20/h2-3,5,8,14,18H,4,6-7,9-13,15-17H2,1H3. The first-order valence-corrected chi connectivity index (χ1v) is 10.9. The summed E-state index contributed by atoms with van der Waals surface area (Å²) in [6.07, 6.45) is 6.74. The van der Waals surface area contributed by atoms with Crippen LogP contribution in [0.4, 0.5) is 0 Å². The minimum Gasteiger partial charge on any atom is -0.373 e. The quantitative estimate of drug-likeness (QED) is 0.787. The minimum atomic E-state index is -0.161. The van der Waals surface area contributed by atoms with Gasteiger partial charge in [0.25, 0.3) is 5.91 Å². The normalized spacial score (nSPS) is 29.1. The Morgan fingerprint density at radius 2 is 2.10 bits per heavy atom. The smallest absolute Gasteiger partial charge is 0.272 e. The molecule has 2 aromatic rings. The molecule has 0 bridgehead atoms. The number of pyridine rings is 1. The summed E-state index contributed by atoms with van der Waals surface area (Å²) in [7, 11) is 2.20. The summed E-state index contributed by atoms with van der Waals surface area (Å²) >= 11 is 0. The molecule has 3 aliphatic heterocycles. The van der Waals surface area contributed by atoms with Gasteiger partial charge in [0.15, 0.2) is 0 Å². The van der Waals surface area contributed by atoms with Crippen molar-refractivity contribution in [2.24, 2.45) is 5.92 Å². The van der Waals surface area contributed by atoms with Gasteiger partial charge in [0.1, 0.15) is 11.3 Å². The van der Waals surface area contributed by atoms with Gasteiger partial charge >= 0.3 is 0 Å². The number of carbonyl (C=O) groups excluding carboxylic acids is 1. The minimum absolute atomic E-state index is 0.0638. The SMILES string of the molecule is CN1CCN(CC2COC3(CCCN(C(=O)c4cnc5ccccn45)C3)C2)CC1. The van der Waals surface area contributed by atoms with Crippen LogP contribution in [0, 0.1) is 5.92 Å². The lowest BCUT2D eigenvalue weighted by Crippen LogP contribution is -2.50. The number of piperidine rings is 1. The van der Waals surface area contributed by atoms with Gasteiger partial charge in [0.2, 0.25) is 0 Å². The van der Waals surface area contributed by atoms with Crippen molar-refractivity contribution in [2.75, 3.05) is 59.5 Å². The zero-order chi connectivity index (χ0) is 19.8. The van der Waals surface area contributed by atoms with E-state index < -0.39 is 0 Å². The van der Waals surface area contributed by atoms with Crippen LogP contribution < -0.4 is 0 Å². The number of aromatic nitrogens is 2. The predicted molar refractivity (Wildman–Crippen MR) is 111 cm³/mol. The predicted octanol–water partition coefficient (Wildman–Crippen LogP) is 1.59. The van der Waals surface area contributed by atoms with Crippen molar-refractivity contribution in [3.8, 4) is 0 Å². The molecule has 3 aliphatic rings. The van der Waals surface area contributed by atoms with E-state index in [-0.39, 0.29) is 11.5 Å². The van der Waals surface area contributed by atoms with E-state index in [1.807, 2.05) is 33.7 Å². The Hall–Kier alpha value is -1.96. The highest BCUT2D eigenvalue weighted by Crippen LogP contribution is 2.38. The molecule has 0 saturated carbocycles. The summed E-state index contributed by atoms with van der Waals surface area (Å²) < 4.78 is 8.27. The number of amides is 1. The first-order valence-electron chi connectivity index (χ1n) is 10.9. The largest absolute Gasteiger partial charge is 0.373 e. The van der Waals surface area contributed by atoms with Gasteiger partial charge in [0.05, 0.1) is 24.9 Å².